The first kappa shape index (κ1) is 23.7. The molecular formula is C24H29N3O4S. The van der Waals surface area contributed by atoms with Crippen molar-refractivity contribution in [1.82, 2.24) is 10.2 Å². The molecule has 0 aromatic heterocycles. The van der Waals surface area contributed by atoms with Gasteiger partial charge < -0.3 is 4.90 Å². The number of hydrogen-bond acceptors (Lipinski definition) is 5. The van der Waals surface area contributed by atoms with Crippen LogP contribution in [0, 0.1) is 0 Å². The highest BCUT2D eigenvalue weighted by molar-refractivity contribution is 7.89. The molecule has 0 aliphatic carbocycles. The zero-order valence-corrected chi connectivity index (χ0v) is 19.2. The number of anilines is 1. The third kappa shape index (κ3) is 6.29. The number of nitrogens with zero attached hydrogens (tertiary/aromatic N) is 1. The summed E-state index contributed by atoms with van der Waals surface area (Å²) in [4.78, 5) is 19.3. The van der Waals surface area contributed by atoms with Gasteiger partial charge in [0.25, 0.3) is 0 Å². The average Bonchev–Trinajstić information content (AvgIpc) is 2.78. The summed E-state index contributed by atoms with van der Waals surface area (Å²) in [5, 5.41) is 1.56. The van der Waals surface area contributed by atoms with Crippen molar-refractivity contribution in [3.05, 3.63) is 72.3 Å². The molecular weight excluding hydrogens is 426 g/mol. The maximum absolute atomic E-state index is 12.9. The fraction of sp³-hybridized carbons (Fsp3) is 0.292. The Morgan fingerprint density at radius 1 is 0.906 bits per heavy atom. The Balaban J connectivity index is 1.47. The Morgan fingerprint density at radius 3 is 2.38 bits per heavy atom. The molecule has 3 aromatic rings. The molecule has 0 bridgehead atoms. The normalized spacial score (nSPS) is 11.4. The molecule has 0 spiro atoms. The first-order chi connectivity index (χ1) is 15.4. The fourth-order valence-electron chi connectivity index (χ4n) is 3.41. The molecule has 3 rings (SSSR count). The predicted molar refractivity (Wildman–Crippen MR) is 127 cm³/mol. The smallest absolute Gasteiger partial charge is 0.243 e. The summed E-state index contributed by atoms with van der Waals surface area (Å²) < 4.78 is 28.4. The zero-order chi connectivity index (χ0) is 23.0. The molecule has 3 aromatic carbocycles. The Morgan fingerprint density at radius 2 is 1.62 bits per heavy atom. The van der Waals surface area contributed by atoms with Crippen LogP contribution >= 0.6 is 0 Å². The lowest BCUT2D eigenvalue weighted by molar-refractivity contribution is -0.134. The maximum Gasteiger partial charge on any atom is 0.243 e. The number of benzene rings is 3. The second kappa shape index (κ2) is 11.1. The summed E-state index contributed by atoms with van der Waals surface area (Å²) in [5.41, 5.74) is 4.34. The van der Waals surface area contributed by atoms with E-state index in [0.29, 0.717) is 24.8 Å². The van der Waals surface area contributed by atoms with Crippen LogP contribution in [0.2, 0.25) is 0 Å². The van der Waals surface area contributed by atoms with Gasteiger partial charge in [0.15, 0.2) is 0 Å². The van der Waals surface area contributed by atoms with E-state index in [4.69, 9.17) is 4.84 Å². The van der Waals surface area contributed by atoms with Crippen LogP contribution in [0.3, 0.4) is 0 Å². The van der Waals surface area contributed by atoms with Crippen LogP contribution in [-0.2, 0) is 26.3 Å². The molecule has 0 saturated carbocycles. The standard InChI is InChI=1S/C24H29N3O4S/c1-27(2)22-14-8-13-21-20(22)12-9-15-23(21)32(29,30)25-17-7-6-16-24(28)26-31-18-19-10-4-3-5-11-19/h3-5,8-15,25H,6-7,16-18H2,1-2H3,(H,26,28). The quantitative estimate of drug-likeness (QED) is 0.341. The number of unbranched alkanes of at least 4 members (excludes halogenated alkanes) is 1. The van der Waals surface area contributed by atoms with Gasteiger partial charge in [-0.15, -0.1) is 0 Å². The third-order valence-corrected chi connectivity index (χ3v) is 6.54. The topological polar surface area (TPSA) is 87.7 Å². The molecule has 0 aliphatic heterocycles. The Hall–Kier alpha value is -2.94. The van der Waals surface area contributed by atoms with Gasteiger partial charge in [0.2, 0.25) is 15.9 Å². The first-order valence-corrected chi connectivity index (χ1v) is 12.0. The maximum atomic E-state index is 12.9. The number of hydrogen-bond donors (Lipinski definition) is 2. The van der Waals surface area contributed by atoms with Crippen LogP contribution in [0.1, 0.15) is 24.8 Å². The molecule has 8 heteroatoms. The molecule has 32 heavy (non-hydrogen) atoms. The summed E-state index contributed by atoms with van der Waals surface area (Å²) in [7, 11) is 0.187. The number of amides is 1. The minimum Gasteiger partial charge on any atom is -0.377 e. The van der Waals surface area contributed by atoms with Gasteiger partial charge >= 0.3 is 0 Å². The number of nitrogens with one attached hydrogen (secondary N) is 2. The summed E-state index contributed by atoms with van der Waals surface area (Å²) >= 11 is 0. The Bertz CT molecular complexity index is 1150. The number of sulfonamides is 1. The number of fused-ring (bicyclic) bond motifs is 1. The van der Waals surface area contributed by atoms with Gasteiger partial charge in [-0.3, -0.25) is 9.63 Å². The third-order valence-electron chi connectivity index (χ3n) is 5.02. The minimum absolute atomic E-state index is 0.228. The lowest BCUT2D eigenvalue weighted by atomic mass is 10.1. The van der Waals surface area contributed by atoms with Gasteiger partial charge in [-0.1, -0.05) is 54.6 Å². The van der Waals surface area contributed by atoms with Crippen molar-refractivity contribution in [1.29, 1.82) is 0 Å². The van der Waals surface area contributed by atoms with Gasteiger partial charge in [0.1, 0.15) is 0 Å². The fourth-order valence-corrected chi connectivity index (χ4v) is 4.70. The van der Waals surface area contributed by atoms with Crippen molar-refractivity contribution < 1.29 is 18.0 Å². The molecule has 7 nitrogen and oxygen atoms in total. The molecule has 0 atom stereocenters. The van der Waals surface area contributed by atoms with E-state index >= 15 is 0 Å². The average molecular weight is 456 g/mol. The van der Waals surface area contributed by atoms with Gasteiger partial charge in [0, 0.05) is 43.5 Å². The molecule has 0 fully saturated rings. The second-order valence-electron chi connectivity index (χ2n) is 7.68. The van der Waals surface area contributed by atoms with Crippen molar-refractivity contribution in [2.45, 2.75) is 30.8 Å². The molecule has 0 unspecified atom stereocenters. The van der Waals surface area contributed by atoms with E-state index in [-0.39, 0.29) is 23.8 Å². The Kier molecular flexibility index (Phi) is 8.21. The Labute approximate surface area is 189 Å². The number of rotatable bonds is 11. The molecule has 1 amide bonds. The number of carbonyl (C=O) groups is 1. The zero-order valence-electron chi connectivity index (χ0n) is 18.4. The van der Waals surface area contributed by atoms with Gasteiger partial charge in [-0.05, 0) is 30.5 Å². The molecule has 2 N–H and O–H groups in total. The van der Waals surface area contributed by atoms with Gasteiger partial charge in [-0.25, -0.2) is 18.6 Å². The van der Waals surface area contributed by atoms with Crippen LogP contribution in [-0.4, -0.2) is 35.0 Å². The van der Waals surface area contributed by atoms with Crippen molar-refractivity contribution in [2.75, 3.05) is 25.5 Å². The molecule has 0 saturated heterocycles. The van der Waals surface area contributed by atoms with Crippen LogP contribution in [0.5, 0.6) is 0 Å². The minimum atomic E-state index is -3.67. The first-order valence-electron chi connectivity index (χ1n) is 10.5. The summed E-state index contributed by atoms with van der Waals surface area (Å²) in [6.45, 7) is 0.553. The van der Waals surface area contributed by atoms with Crippen LogP contribution < -0.4 is 15.1 Å². The molecule has 0 radical (unpaired) electrons. The van der Waals surface area contributed by atoms with Crippen LogP contribution in [0.25, 0.3) is 10.8 Å². The van der Waals surface area contributed by atoms with E-state index in [1.165, 1.54) is 0 Å². The number of hydroxylamine groups is 1. The highest BCUT2D eigenvalue weighted by atomic mass is 32.2. The van der Waals surface area contributed by atoms with E-state index < -0.39 is 10.0 Å². The van der Waals surface area contributed by atoms with E-state index in [0.717, 1.165) is 16.6 Å². The van der Waals surface area contributed by atoms with Crippen molar-refractivity contribution in [3.8, 4) is 0 Å². The highest BCUT2D eigenvalue weighted by Gasteiger charge is 2.18. The number of carbonyl (C=O) groups excluding carboxylic acids is 1. The molecule has 0 aliphatic rings. The van der Waals surface area contributed by atoms with Gasteiger partial charge in [0.05, 0.1) is 11.5 Å². The summed E-state index contributed by atoms with van der Waals surface area (Å²) in [5.74, 6) is -0.228. The van der Waals surface area contributed by atoms with Crippen LogP contribution in [0.4, 0.5) is 5.69 Å². The SMILES string of the molecule is CN(C)c1cccc2c(S(=O)(=O)NCCCCC(=O)NOCc3ccccc3)cccc12. The molecule has 0 heterocycles. The second-order valence-corrected chi connectivity index (χ2v) is 9.41. The summed E-state index contributed by atoms with van der Waals surface area (Å²) in [6.07, 6.45) is 1.35. The van der Waals surface area contributed by atoms with E-state index in [1.54, 1.807) is 12.1 Å². The van der Waals surface area contributed by atoms with E-state index in [9.17, 15) is 13.2 Å². The molecule has 170 valence electrons. The van der Waals surface area contributed by atoms with Gasteiger partial charge in [-0.2, -0.15) is 0 Å². The van der Waals surface area contributed by atoms with Crippen LogP contribution in [0.15, 0.2) is 71.6 Å². The largest absolute Gasteiger partial charge is 0.377 e. The summed E-state index contributed by atoms with van der Waals surface area (Å²) in [6, 6.07) is 20.5. The van der Waals surface area contributed by atoms with E-state index in [1.807, 2.05) is 73.6 Å². The van der Waals surface area contributed by atoms with Crippen molar-refractivity contribution in [2.24, 2.45) is 0 Å². The van der Waals surface area contributed by atoms with Crippen molar-refractivity contribution >= 4 is 32.4 Å². The van der Waals surface area contributed by atoms with E-state index in [2.05, 4.69) is 10.2 Å². The lowest BCUT2D eigenvalue weighted by Gasteiger charge is -2.17. The monoisotopic (exact) mass is 455 g/mol. The highest BCUT2D eigenvalue weighted by Crippen LogP contribution is 2.30. The predicted octanol–water partition coefficient (Wildman–Crippen LogP) is 3.60. The lowest BCUT2D eigenvalue weighted by Crippen LogP contribution is -2.26. The van der Waals surface area contributed by atoms with Crippen molar-refractivity contribution in [3.63, 3.8) is 0 Å².